The molecule has 18 heavy (non-hydrogen) atoms. The van der Waals surface area contributed by atoms with Crippen LogP contribution in [0.5, 0.6) is 0 Å². The topological polar surface area (TPSA) is 35.5 Å². The predicted octanol–water partition coefficient (Wildman–Crippen LogP) is 2.74. The number of hydrogen-bond donors (Lipinski definition) is 0. The van der Waals surface area contributed by atoms with Crippen molar-refractivity contribution in [2.75, 3.05) is 6.61 Å². The fraction of sp³-hybridized carbons (Fsp3) is 0.267. The molecule has 0 amide bonds. The van der Waals surface area contributed by atoms with Crippen LogP contribution in [0.1, 0.15) is 16.8 Å². The van der Waals surface area contributed by atoms with Crippen molar-refractivity contribution in [1.29, 1.82) is 0 Å². The third-order valence-electron chi connectivity index (χ3n) is 2.86. The zero-order valence-electron chi connectivity index (χ0n) is 10.2. The summed E-state index contributed by atoms with van der Waals surface area (Å²) in [7, 11) is 0. The second-order valence-electron chi connectivity index (χ2n) is 4.24. The molecule has 0 saturated carbocycles. The summed E-state index contributed by atoms with van der Waals surface area (Å²) in [5, 5.41) is 0. The molecule has 1 aliphatic rings. The number of ether oxygens (including phenoxy) is 2. The molecule has 1 aliphatic heterocycles. The van der Waals surface area contributed by atoms with Crippen LogP contribution in [0.2, 0.25) is 0 Å². The smallest absolute Gasteiger partial charge is 0.338 e. The fourth-order valence-electron chi connectivity index (χ4n) is 1.91. The molecule has 0 bridgehead atoms. The maximum Gasteiger partial charge on any atom is 0.338 e. The number of hydrogen-bond acceptors (Lipinski definition) is 3. The lowest BCUT2D eigenvalue weighted by molar-refractivity contribution is 0.00495. The minimum Gasteiger partial charge on any atom is -0.459 e. The first-order chi connectivity index (χ1) is 8.70. The van der Waals surface area contributed by atoms with Gasteiger partial charge in [-0.25, -0.2) is 4.79 Å². The van der Waals surface area contributed by atoms with Crippen LogP contribution in [0.4, 0.5) is 0 Å². The van der Waals surface area contributed by atoms with Crippen LogP contribution in [0, 0.1) is 0 Å². The van der Waals surface area contributed by atoms with Crippen LogP contribution in [-0.2, 0) is 9.47 Å². The van der Waals surface area contributed by atoms with Crippen molar-refractivity contribution in [3.8, 4) is 0 Å². The van der Waals surface area contributed by atoms with Gasteiger partial charge in [0.25, 0.3) is 0 Å². The van der Waals surface area contributed by atoms with Crippen molar-refractivity contribution in [1.82, 2.24) is 0 Å². The molecule has 0 aromatic heterocycles. The highest BCUT2D eigenvalue weighted by Gasteiger charge is 2.27. The molecular weight excluding hydrogens is 228 g/mol. The number of esters is 1. The van der Waals surface area contributed by atoms with Gasteiger partial charge in [-0.15, -0.1) is 6.58 Å². The summed E-state index contributed by atoms with van der Waals surface area (Å²) in [5.74, 6) is -0.327. The zero-order valence-corrected chi connectivity index (χ0v) is 10.2. The van der Waals surface area contributed by atoms with E-state index in [0.29, 0.717) is 12.0 Å². The first kappa shape index (κ1) is 12.6. The van der Waals surface area contributed by atoms with Gasteiger partial charge in [0, 0.05) is 6.42 Å². The van der Waals surface area contributed by atoms with E-state index in [0.717, 1.165) is 5.57 Å². The van der Waals surface area contributed by atoms with Crippen LogP contribution in [0.15, 0.2) is 55.1 Å². The van der Waals surface area contributed by atoms with Gasteiger partial charge in [-0.3, -0.25) is 0 Å². The zero-order chi connectivity index (χ0) is 13.0. The highest BCUT2D eigenvalue weighted by molar-refractivity contribution is 5.89. The second-order valence-corrected chi connectivity index (χ2v) is 4.24. The maximum atomic E-state index is 11.7. The number of rotatable bonds is 4. The average molecular weight is 244 g/mol. The van der Waals surface area contributed by atoms with E-state index in [1.165, 1.54) is 0 Å². The van der Waals surface area contributed by atoms with Gasteiger partial charge in [0.15, 0.2) is 0 Å². The van der Waals surface area contributed by atoms with E-state index in [4.69, 9.17) is 9.47 Å². The molecule has 0 radical (unpaired) electrons. The molecule has 1 fully saturated rings. The average Bonchev–Trinajstić information content (AvgIpc) is 2.77. The summed E-state index contributed by atoms with van der Waals surface area (Å²) in [4.78, 5) is 11.7. The normalized spacial score (nSPS) is 22.8. The Morgan fingerprint density at radius 1 is 1.44 bits per heavy atom. The predicted molar refractivity (Wildman–Crippen MR) is 69.3 cm³/mol. The van der Waals surface area contributed by atoms with Gasteiger partial charge in [-0.2, -0.15) is 0 Å². The largest absolute Gasteiger partial charge is 0.459 e. The molecule has 0 N–H and O–H groups in total. The Kier molecular flexibility index (Phi) is 3.95. The monoisotopic (exact) mass is 244 g/mol. The molecule has 1 heterocycles. The third-order valence-corrected chi connectivity index (χ3v) is 2.86. The minimum absolute atomic E-state index is 0.117. The van der Waals surface area contributed by atoms with Gasteiger partial charge >= 0.3 is 5.97 Å². The van der Waals surface area contributed by atoms with E-state index >= 15 is 0 Å². The maximum absolute atomic E-state index is 11.7. The number of benzene rings is 1. The standard InChI is InChI=1S/C15H16O3/c1-3-14-11(2)9-13(18-14)10-17-15(16)12-7-5-4-6-8-12/h3-8,13-14H,1-2,9-10H2. The lowest BCUT2D eigenvalue weighted by Gasteiger charge is -2.11. The second kappa shape index (κ2) is 5.65. The van der Waals surface area contributed by atoms with Crippen LogP contribution in [-0.4, -0.2) is 24.8 Å². The van der Waals surface area contributed by atoms with Crippen LogP contribution >= 0.6 is 0 Å². The first-order valence-electron chi connectivity index (χ1n) is 5.88. The van der Waals surface area contributed by atoms with Crippen LogP contribution < -0.4 is 0 Å². The van der Waals surface area contributed by atoms with Crippen molar-refractivity contribution < 1.29 is 14.3 Å². The van der Waals surface area contributed by atoms with Gasteiger partial charge in [-0.1, -0.05) is 30.9 Å². The number of carbonyl (C=O) groups is 1. The van der Waals surface area contributed by atoms with E-state index in [1.54, 1.807) is 30.3 Å². The Labute approximate surface area is 107 Å². The van der Waals surface area contributed by atoms with Gasteiger partial charge in [0.1, 0.15) is 6.61 Å². The Morgan fingerprint density at radius 3 is 2.78 bits per heavy atom. The Morgan fingerprint density at radius 2 is 2.17 bits per heavy atom. The van der Waals surface area contributed by atoms with Crippen molar-refractivity contribution in [3.63, 3.8) is 0 Å². The summed E-state index contributed by atoms with van der Waals surface area (Å²) >= 11 is 0. The SMILES string of the molecule is C=CC1OC(COC(=O)c2ccccc2)CC1=C. The molecule has 1 aromatic rings. The molecular formula is C15H16O3. The summed E-state index contributed by atoms with van der Waals surface area (Å²) in [6.45, 7) is 7.83. The first-order valence-corrected chi connectivity index (χ1v) is 5.88. The van der Waals surface area contributed by atoms with Crippen molar-refractivity contribution in [3.05, 3.63) is 60.7 Å². The van der Waals surface area contributed by atoms with E-state index in [9.17, 15) is 4.79 Å². The molecule has 3 heteroatoms. The molecule has 2 atom stereocenters. The van der Waals surface area contributed by atoms with Gasteiger partial charge in [-0.05, 0) is 17.7 Å². The Hall–Kier alpha value is -1.87. The summed E-state index contributed by atoms with van der Waals surface area (Å²) in [5.41, 5.74) is 1.53. The minimum atomic E-state index is -0.327. The molecule has 1 saturated heterocycles. The quantitative estimate of drug-likeness (QED) is 0.603. The van der Waals surface area contributed by atoms with Crippen LogP contribution in [0.25, 0.3) is 0 Å². The number of carbonyl (C=O) groups excluding carboxylic acids is 1. The fourth-order valence-corrected chi connectivity index (χ4v) is 1.91. The van der Waals surface area contributed by atoms with E-state index in [-0.39, 0.29) is 24.8 Å². The molecule has 0 spiro atoms. The van der Waals surface area contributed by atoms with E-state index in [2.05, 4.69) is 13.2 Å². The lowest BCUT2D eigenvalue weighted by Crippen LogP contribution is -2.19. The Bertz CT molecular complexity index is 450. The van der Waals surface area contributed by atoms with Crippen molar-refractivity contribution >= 4 is 5.97 Å². The summed E-state index contributed by atoms with van der Waals surface area (Å²) < 4.78 is 10.8. The molecule has 94 valence electrons. The van der Waals surface area contributed by atoms with E-state index < -0.39 is 0 Å². The molecule has 3 nitrogen and oxygen atoms in total. The molecule has 0 aliphatic carbocycles. The third kappa shape index (κ3) is 2.87. The summed E-state index contributed by atoms with van der Waals surface area (Å²) in [6, 6.07) is 8.92. The lowest BCUT2D eigenvalue weighted by atomic mass is 10.1. The van der Waals surface area contributed by atoms with Gasteiger partial charge in [0.2, 0.25) is 0 Å². The van der Waals surface area contributed by atoms with Crippen molar-refractivity contribution in [2.24, 2.45) is 0 Å². The van der Waals surface area contributed by atoms with Crippen LogP contribution in [0.3, 0.4) is 0 Å². The highest BCUT2D eigenvalue weighted by atomic mass is 16.6. The molecule has 2 rings (SSSR count). The Balaban J connectivity index is 1.84. The molecule has 2 unspecified atom stereocenters. The van der Waals surface area contributed by atoms with Gasteiger partial charge < -0.3 is 9.47 Å². The summed E-state index contributed by atoms with van der Waals surface area (Å²) in [6.07, 6.45) is 2.18. The molecule has 1 aromatic carbocycles. The van der Waals surface area contributed by atoms with Crippen molar-refractivity contribution in [2.45, 2.75) is 18.6 Å². The van der Waals surface area contributed by atoms with E-state index in [1.807, 2.05) is 6.07 Å². The highest BCUT2D eigenvalue weighted by Crippen LogP contribution is 2.25. The van der Waals surface area contributed by atoms with Gasteiger partial charge in [0.05, 0.1) is 17.8 Å².